The van der Waals surface area contributed by atoms with Crippen molar-refractivity contribution in [2.75, 3.05) is 5.32 Å². The highest BCUT2D eigenvalue weighted by atomic mass is 79.9. The van der Waals surface area contributed by atoms with Gasteiger partial charge in [-0.1, -0.05) is 34.1 Å². The molecule has 0 radical (unpaired) electrons. The van der Waals surface area contributed by atoms with Crippen LogP contribution >= 0.6 is 28.1 Å². The number of ether oxygens (including phenoxy) is 1. The van der Waals surface area contributed by atoms with E-state index in [0.717, 1.165) is 21.3 Å². The summed E-state index contributed by atoms with van der Waals surface area (Å²) in [7, 11) is 0. The number of amides is 1. The van der Waals surface area contributed by atoms with Gasteiger partial charge in [0.2, 0.25) is 5.91 Å². The largest absolute Gasteiger partial charge is 0.484 e. The molecule has 140 valence electrons. The van der Waals surface area contributed by atoms with Crippen molar-refractivity contribution in [3.8, 4) is 5.75 Å². The average molecular weight is 448 g/mol. The van der Waals surface area contributed by atoms with Crippen molar-refractivity contribution in [3.05, 3.63) is 68.8 Å². The first kappa shape index (κ1) is 19.3. The van der Waals surface area contributed by atoms with Gasteiger partial charge in [0.05, 0.1) is 0 Å². The third kappa shape index (κ3) is 5.05. The van der Waals surface area contributed by atoms with Crippen LogP contribution in [0.3, 0.4) is 0 Å². The van der Waals surface area contributed by atoms with Crippen molar-refractivity contribution in [2.24, 2.45) is 0 Å². The molecule has 0 aliphatic rings. The van der Waals surface area contributed by atoms with Gasteiger partial charge in [0.25, 0.3) is 10.7 Å². The highest BCUT2D eigenvalue weighted by Crippen LogP contribution is 2.20. The van der Waals surface area contributed by atoms with Crippen molar-refractivity contribution in [1.82, 2.24) is 9.78 Å². The van der Waals surface area contributed by atoms with Gasteiger partial charge in [-0.25, -0.2) is 4.68 Å². The predicted octanol–water partition coefficient (Wildman–Crippen LogP) is 4.80. The molecule has 1 amide bonds. The van der Waals surface area contributed by atoms with Crippen molar-refractivity contribution >= 4 is 39.7 Å². The molecule has 0 aliphatic carbocycles. The molecule has 0 fully saturated rings. The second-order valence-corrected chi connectivity index (χ2v) is 7.19. The number of aromatic nitrogens is 2. The van der Waals surface area contributed by atoms with Crippen LogP contribution in [0.1, 0.15) is 17.0 Å². The van der Waals surface area contributed by atoms with Crippen LogP contribution in [0.5, 0.6) is 5.75 Å². The van der Waals surface area contributed by atoms with E-state index in [9.17, 15) is 4.79 Å². The fourth-order valence-corrected chi connectivity index (χ4v) is 2.87. The number of aryl methyl sites for hydroxylation is 2. The van der Waals surface area contributed by atoms with Gasteiger partial charge in [0.1, 0.15) is 12.3 Å². The van der Waals surface area contributed by atoms with E-state index in [1.165, 1.54) is 4.68 Å². The van der Waals surface area contributed by atoms with E-state index in [0.29, 0.717) is 11.6 Å². The summed E-state index contributed by atoms with van der Waals surface area (Å²) < 4.78 is 13.4. The molecule has 6 nitrogen and oxygen atoms in total. The average Bonchev–Trinajstić information content (AvgIpc) is 2.97. The third-order valence-corrected chi connectivity index (χ3v) is 5.01. The Morgan fingerprint density at radius 1 is 1.26 bits per heavy atom. The minimum Gasteiger partial charge on any atom is -0.484 e. The molecule has 0 saturated carbocycles. The van der Waals surface area contributed by atoms with Crippen molar-refractivity contribution < 1.29 is 13.9 Å². The minimum absolute atomic E-state index is 0.0399. The van der Waals surface area contributed by atoms with Gasteiger partial charge in [0, 0.05) is 10.2 Å². The van der Waals surface area contributed by atoms with Crippen LogP contribution in [-0.2, 0) is 17.9 Å². The topological polar surface area (TPSA) is 69.3 Å². The SMILES string of the molecule is Cc1cc(NC(=O)Cn2nc(COc3ccccc3C)oc2=S)ccc1Br. The summed E-state index contributed by atoms with van der Waals surface area (Å²) in [5.41, 5.74) is 2.75. The Balaban J connectivity index is 1.62. The molecule has 3 rings (SSSR count). The lowest BCUT2D eigenvalue weighted by atomic mass is 10.2. The van der Waals surface area contributed by atoms with Gasteiger partial charge in [-0.15, -0.1) is 5.10 Å². The molecule has 0 spiro atoms. The van der Waals surface area contributed by atoms with E-state index in [-0.39, 0.29) is 23.9 Å². The second-order valence-electron chi connectivity index (χ2n) is 5.99. The Bertz CT molecular complexity index is 1030. The summed E-state index contributed by atoms with van der Waals surface area (Å²) >= 11 is 8.58. The standard InChI is InChI=1S/C19H18BrN3O3S/c1-12-5-3-4-6-16(12)25-11-18-22-23(19(27)26-18)10-17(24)21-14-7-8-15(20)13(2)9-14/h3-9H,10-11H2,1-2H3,(H,21,24). The fraction of sp³-hybridized carbons (Fsp3) is 0.211. The van der Waals surface area contributed by atoms with Crippen LogP contribution < -0.4 is 10.1 Å². The lowest BCUT2D eigenvalue weighted by molar-refractivity contribution is -0.117. The van der Waals surface area contributed by atoms with Crippen LogP contribution in [0.25, 0.3) is 0 Å². The Kier molecular flexibility index (Phi) is 6.08. The van der Waals surface area contributed by atoms with Crippen LogP contribution in [-0.4, -0.2) is 15.7 Å². The zero-order valence-electron chi connectivity index (χ0n) is 14.9. The van der Waals surface area contributed by atoms with Gasteiger partial charge in [-0.3, -0.25) is 4.79 Å². The summed E-state index contributed by atoms with van der Waals surface area (Å²) in [6.45, 7) is 4.00. The molecule has 1 N–H and O–H groups in total. The molecular weight excluding hydrogens is 430 g/mol. The first-order valence-corrected chi connectivity index (χ1v) is 9.44. The van der Waals surface area contributed by atoms with Gasteiger partial charge >= 0.3 is 0 Å². The molecule has 0 atom stereocenters. The zero-order valence-corrected chi connectivity index (χ0v) is 17.3. The number of nitrogens with one attached hydrogen (secondary N) is 1. The smallest absolute Gasteiger partial charge is 0.287 e. The third-order valence-electron chi connectivity index (χ3n) is 3.83. The van der Waals surface area contributed by atoms with E-state index < -0.39 is 0 Å². The number of carbonyl (C=O) groups is 1. The lowest BCUT2D eigenvalue weighted by Crippen LogP contribution is -2.19. The molecule has 8 heteroatoms. The van der Waals surface area contributed by atoms with Gasteiger partial charge < -0.3 is 14.5 Å². The number of nitrogens with zero attached hydrogens (tertiary/aromatic N) is 2. The summed E-state index contributed by atoms with van der Waals surface area (Å²) in [6, 6.07) is 13.2. The Morgan fingerprint density at radius 3 is 2.78 bits per heavy atom. The van der Waals surface area contributed by atoms with E-state index in [2.05, 4.69) is 26.3 Å². The molecular formula is C19H18BrN3O3S. The number of carbonyl (C=O) groups excluding carboxylic acids is 1. The van der Waals surface area contributed by atoms with Gasteiger partial charge in [0.15, 0.2) is 6.61 Å². The lowest BCUT2D eigenvalue weighted by Gasteiger charge is -2.07. The Hall–Kier alpha value is -2.45. The van der Waals surface area contributed by atoms with E-state index in [4.69, 9.17) is 21.4 Å². The molecule has 0 aliphatic heterocycles. The summed E-state index contributed by atoms with van der Waals surface area (Å²) in [5, 5.41) is 7.04. The summed E-state index contributed by atoms with van der Waals surface area (Å²) in [6.07, 6.45) is 0. The maximum atomic E-state index is 12.3. The number of hydrogen-bond acceptors (Lipinski definition) is 5. The highest BCUT2D eigenvalue weighted by molar-refractivity contribution is 9.10. The number of rotatable bonds is 6. The van der Waals surface area contributed by atoms with E-state index >= 15 is 0 Å². The first-order chi connectivity index (χ1) is 12.9. The Labute approximate surface area is 170 Å². The van der Waals surface area contributed by atoms with Crippen LogP contribution in [0.2, 0.25) is 0 Å². The molecule has 27 heavy (non-hydrogen) atoms. The highest BCUT2D eigenvalue weighted by Gasteiger charge is 2.11. The van der Waals surface area contributed by atoms with E-state index in [1.54, 1.807) is 0 Å². The Morgan fingerprint density at radius 2 is 2.04 bits per heavy atom. The number of anilines is 1. The van der Waals surface area contributed by atoms with Crippen molar-refractivity contribution in [2.45, 2.75) is 27.0 Å². The van der Waals surface area contributed by atoms with E-state index in [1.807, 2.05) is 56.3 Å². The minimum atomic E-state index is -0.243. The second kappa shape index (κ2) is 8.49. The quantitative estimate of drug-likeness (QED) is 0.549. The molecule has 1 aromatic heterocycles. The monoisotopic (exact) mass is 447 g/mol. The van der Waals surface area contributed by atoms with Crippen molar-refractivity contribution in [3.63, 3.8) is 0 Å². The first-order valence-electron chi connectivity index (χ1n) is 8.23. The summed E-state index contributed by atoms with van der Waals surface area (Å²) in [5.74, 6) is 0.819. The number of halogens is 1. The number of hydrogen-bond donors (Lipinski definition) is 1. The van der Waals surface area contributed by atoms with Crippen LogP contribution in [0, 0.1) is 18.7 Å². The maximum absolute atomic E-state index is 12.3. The molecule has 0 unspecified atom stereocenters. The molecule has 0 bridgehead atoms. The van der Waals surface area contributed by atoms with Gasteiger partial charge in [-0.2, -0.15) is 0 Å². The fourth-order valence-electron chi connectivity index (χ4n) is 2.42. The van der Waals surface area contributed by atoms with Crippen LogP contribution in [0.4, 0.5) is 5.69 Å². The van der Waals surface area contributed by atoms with Crippen molar-refractivity contribution in [1.29, 1.82) is 0 Å². The molecule has 1 heterocycles. The molecule has 3 aromatic rings. The number of para-hydroxylation sites is 1. The maximum Gasteiger partial charge on any atom is 0.287 e. The molecule has 0 saturated heterocycles. The van der Waals surface area contributed by atoms with Gasteiger partial charge in [-0.05, 0) is 61.5 Å². The predicted molar refractivity (Wildman–Crippen MR) is 108 cm³/mol. The summed E-state index contributed by atoms with van der Waals surface area (Å²) in [4.78, 5) is 12.4. The molecule has 2 aromatic carbocycles. The van der Waals surface area contributed by atoms with Crippen LogP contribution in [0.15, 0.2) is 51.4 Å². The zero-order chi connectivity index (χ0) is 19.4. The number of benzene rings is 2. The normalized spacial score (nSPS) is 10.6.